The third-order valence-corrected chi connectivity index (χ3v) is 2.85. The fourth-order valence-corrected chi connectivity index (χ4v) is 1.60. The van der Waals surface area contributed by atoms with Crippen molar-refractivity contribution in [1.82, 2.24) is 4.98 Å². The highest BCUT2D eigenvalue weighted by Crippen LogP contribution is 2.20. The first-order chi connectivity index (χ1) is 8.49. The first-order valence-electron chi connectivity index (χ1n) is 5.52. The standard InChI is InChI=1S/C12H15BrN2O3/c1-4-10(16)11-9(5-8(13)6-14-11)15-12(17)7(2)18-3/h5-7H,4H2,1-3H3,(H,15,17). The molecule has 1 aromatic rings. The molecule has 0 aliphatic rings. The molecular weight excluding hydrogens is 300 g/mol. The van der Waals surface area contributed by atoms with Crippen LogP contribution in [0.15, 0.2) is 16.7 Å². The first kappa shape index (κ1) is 14.8. The Kier molecular flexibility index (Phi) is 5.43. The van der Waals surface area contributed by atoms with E-state index >= 15 is 0 Å². The van der Waals surface area contributed by atoms with Crippen LogP contribution in [0.4, 0.5) is 5.69 Å². The van der Waals surface area contributed by atoms with Crippen LogP contribution in [0.5, 0.6) is 0 Å². The molecule has 0 saturated heterocycles. The number of nitrogens with zero attached hydrogens (tertiary/aromatic N) is 1. The number of aromatic nitrogens is 1. The van der Waals surface area contributed by atoms with E-state index < -0.39 is 6.10 Å². The highest BCUT2D eigenvalue weighted by atomic mass is 79.9. The molecule has 6 heteroatoms. The molecule has 0 radical (unpaired) electrons. The van der Waals surface area contributed by atoms with E-state index in [2.05, 4.69) is 26.2 Å². The summed E-state index contributed by atoms with van der Waals surface area (Å²) in [6, 6.07) is 1.65. The molecular formula is C12H15BrN2O3. The van der Waals surface area contributed by atoms with Crippen LogP contribution in [0.3, 0.4) is 0 Å². The van der Waals surface area contributed by atoms with E-state index in [1.54, 1.807) is 19.9 Å². The van der Waals surface area contributed by atoms with Gasteiger partial charge in [0.15, 0.2) is 5.78 Å². The number of halogens is 1. The van der Waals surface area contributed by atoms with Gasteiger partial charge < -0.3 is 10.1 Å². The number of hydrogen-bond acceptors (Lipinski definition) is 4. The van der Waals surface area contributed by atoms with Crippen molar-refractivity contribution in [1.29, 1.82) is 0 Å². The van der Waals surface area contributed by atoms with Crippen molar-refractivity contribution >= 4 is 33.3 Å². The fraction of sp³-hybridized carbons (Fsp3) is 0.417. The number of amides is 1. The summed E-state index contributed by atoms with van der Waals surface area (Å²) >= 11 is 3.26. The molecule has 0 aliphatic heterocycles. The van der Waals surface area contributed by atoms with Gasteiger partial charge in [0.2, 0.25) is 0 Å². The number of hydrogen-bond donors (Lipinski definition) is 1. The lowest BCUT2D eigenvalue weighted by Crippen LogP contribution is -2.27. The number of rotatable bonds is 5. The van der Waals surface area contributed by atoms with Crippen LogP contribution in [0.2, 0.25) is 0 Å². The Morgan fingerprint density at radius 2 is 2.22 bits per heavy atom. The molecule has 1 rings (SSSR count). The second kappa shape index (κ2) is 6.61. The highest BCUT2D eigenvalue weighted by Gasteiger charge is 2.17. The Hall–Kier alpha value is -1.27. The normalized spacial score (nSPS) is 12.0. The van der Waals surface area contributed by atoms with Gasteiger partial charge in [-0.15, -0.1) is 0 Å². The van der Waals surface area contributed by atoms with E-state index in [-0.39, 0.29) is 17.4 Å². The van der Waals surface area contributed by atoms with Crippen molar-refractivity contribution in [3.8, 4) is 0 Å². The summed E-state index contributed by atoms with van der Waals surface area (Å²) in [5, 5.41) is 2.64. The Morgan fingerprint density at radius 1 is 1.56 bits per heavy atom. The second-order valence-corrected chi connectivity index (χ2v) is 4.61. The van der Waals surface area contributed by atoms with Gasteiger partial charge in [-0.25, -0.2) is 4.98 Å². The summed E-state index contributed by atoms with van der Waals surface area (Å²) in [5.74, 6) is -0.439. The van der Waals surface area contributed by atoms with Gasteiger partial charge in [-0.05, 0) is 28.9 Å². The number of carbonyl (C=O) groups is 2. The maximum atomic E-state index is 11.7. The minimum absolute atomic E-state index is 0.122. The highest BCUT2D eigenvalue weighted by molar-refractivity contribution is 9.10. The van der Waals surface area contributed by atoms with Gasteiger partial charge >= 0.3 is 0 Å². The predicted molar refractivity (Wildman–Crippen MR) is 71.7 cm³/mol. The second-order valence-electron chi connectivity index (χ2n) is 3.69. The van der Waals surface area contributed by atoms with E-state index in [1.807, 2.05) is 0 Å². The summed E-state index contributed by atoms with van der Waals surface area (Å²) < 4.78 is 5.60. The smallest absolute Gasteiger partial charge is 0.253 e. The topological polar surface area (TPSA) is 68.3 Å². The summed E-state index contributed by atoms with van der Waals surface area (Å²) in [5.41, 5.74) is 0.655. The number of methoxy groups -OCH3 is 1. The number of Topliss-reactive ketones (excluding diaryl/α,β-unsaturated/α-hetero) is 1. The molecule has 18 heavy (non-hydrogen) atoms. The number of pyridine rings is 1. The van der Waals surface area contributed by atoms with Gasteiger partial charge in [-0.3, -0.25) is 9.59 Å². The van der Waals surface area contributed by atoms with E-state index in [4.69, 9.17) is 4.74 Å². The Balaban J connectivity index is 3.03. The monoisotopic (exact) mass is 314 g/mol. The van der Waals surface area contributed by atoms with Crippen LogP contribution in [0.25, 0.3) is 0 Å². The minimum Gasteiger partial charge on any atom is -0.372 e. The molecule has 0 bridgehead atoms. The van der Waals surface area contributed by atoms with Crippen LogP contribution in [0.1, 0.15) is 30.8 Å². The molecule has 1 amide bonds. The summed E-state index contributed by atoms with van der Waals surface area (Å²) in [6.07, 6.45) is 1.27. The van der Waals surface area contributed by atoms with Crippen molar-refractivity contribution in [2.45, 2.75) is 26.4 Å². The van der Waals surface area contributed by atoms with Crippen LogP contribution in [-0.4, -0.2) is 29.9 Å². The molecule has 1 aromatic heterocycles. The van der Waals surface area contributed by atoms with Gasteiger partial charge in [0.05, 0.1) is 5.69 Å². The van der Waals surface area contributed by atoms with Crippen molar-refractivity contribution < 1.29 is 14.3 Å². The van der Waals surface area contributed by atoms with Crippen LogP contribution in [0, 0.1) is 0 Å². The number of anilines is 1. The van der Waals surface area contributed by atoms with E-state index in [9.17, 15) is 9.59 Å². The minimum atomic E-state index is -0.589. The third-order valence-electron chi connectivity index (χ3n) is 2.42. The quantitative estimate of drug-likeness (QED) is 0.847. The van der Waals surface area contributed by atoms with Crippen LogP contribution in [-0.2, 0) is 9.53 Å². The molecule has 98 valence electrons. The molecule has 1 atom stereocenters. The number of nitrogens with one attached hydrogen (secondary N) is 1. The molecule has 1 heterocycles. The Labute approximate surface area is 114 Å². The van der Waals surface area contributed by atoms with Gasteiger partial charge in [0, 0.05) is 24.2 Å². The number of carbonyl (C=O) groups excluding carboxylic acids is 2. The van der Waals surface area contributed by atoms with E-state index in [1.165, 1.54) is 13.3 Å². The molecule has 0 fully saturated rings. The molecule has 5 nitrogen and oxygen atoms in total. The zero-order valence-electron chi connectivity index (χ0n) is 10.5. The number of ether oxygens (including phenoxy) is 1. The van der Waals surface area contributed by atoms with E-state index in [0.29, 0.717) is 16.6 Å². The zero-order valence-corrected chi connectivity index (χ0v) is 12.1. The van der Waals surface area contributed by atoms with Crippen molar-refractivity contribution in [3.63, 3.8) is 0 Å². The van der Waals surface area contributed by atoms with Gasteiger partial charge in [-0.2, -0.15) is 0 Å². The molecule has 1 N–H and O–H groups in total. The van der Waals surface area contributed by atoms with E-state index in [0.717, 1.165) is 0 Å². The van der Waals surface area contributed by atoms with Gasteiger partial charge in [0.25, 0.3) is 5.91 Å². The SMILES string of the molecule is CCC(=O)c1ncc(Br)cc1NC(=O)C(C)OC. The average molecular weight is 315 g/mol. The molecule has 0 aromatic carbocycles. The number of ketones is 1. The zero-order chi connectivity index (χ0) is 13.7. The van der Waals surface area contributed by atoms with Crippen molar-refractivity contribution in [2.24, 2.45) is 0 Å². The third kappa shape index (κ3) is 3.61. The molecule has 1 unspecified atom stereocenters. The predicted octanol–water partition coefficient (Wildman–Crippen LogP) is 2.41. The largest absolute Gasteiger partial charge is 0.372 e. The Morgan fingerprint density at radius 3 is 2.78 bits per heavy atom. The summed E-state index contributed by atoms with van der Waals surface area (Å²) in [6.45, 7) is 3.37. The fourth-order valence-electron chi connectivity index (χ4n) is 1.27. The van der Waals surface area contributed by atoms with Crippen LogP contribution < -0.4 is 5.32 Å². The van der Waals surface area contributed by atoms with Gasteiger partial charge in [-0.1, -0.05) is 6.92 Å². The Bertz CT molecular complexity index is 463. The van der Waals surface area contributed by atoms with Crippen molar-refractivity contribution in [3.05, 3.63) is 22.4 Å². The summed E-state index contributed by atoms with van der Waals surface area (Å²) in [4.78, 5) is 27.5. The maximum Gasteiger partial charge on any atom is 0.253 e. The molecule has 0 spiro atoms. The summed E-state index contributed by atoms with van der Waals surface area (Å²) in [7, 11) is 1.45. The van der Waals surface area contributed by atoms with Crippen molar-refractivity contribution in [2.75, 3.05) is 12.4 Å². The lowest BCUT2D eigenvalue weighted by molar-refractivity contribution is -0.124. The molecule has 0 saturated carbocycles. The van der Waals surface area contributed by atoms with Crippen LogP contribution >= 0.6 is 15.9 Å². The lowest BCUT2D eigenvalue weighted by atomic mass is 10.1. The maximum absolute atomic E-state index is 11.7. The van der Waals surface area contributed by atoms with Gasteiger partial charge in [0.1, 0.15) is 11.8 Å². The lowest BCUT2D eigenvalue weighted by Gasteiger charge is -2.12. The molecule has 0 aliphatic carbocycles. The first-order valence-corrected chi connectivity index (χ1v) is 6.31. The average Bonchev–Trinajstić information content (AvgIpc) is 2.37.